The third-order valence-corrected chi connectivity index (χ3v) is 3.12. The summed E-state index contributed by atoms with van der Waals surface area (Å²) in [6.45, 7) is 3.63. The molecule has 4 heteroatoms. The smallest absolute Gasteiger partial charge is 0.338 e. The van der Waals surface area contributed by atoms with Crippen molar-refractivity contribution in [2.75, 3.05) is 0 Å². The van der Waals surface area contributed by atoms with Gasteiger partial charge in [-0.15, -0.1) is 0 Å². The normalized spacial score (nSPS) is 10.9. The molecule has 1 amide bonds. The molecule has 0 aliphatic rings. The molecule has 0 unspecified atom stereocenters. The van der Waals surface area contributed by atoms with Crippen LogP contribution in [-0.4, -0.2) is 18.0 Å². The number of carbonyl (C=O) groups excluding carboxylic acids is 2. The van der Waals surface area contributed by atoms with Crippen molar-refractivity contribution in [1.82, 2.24) is 0 Å². The van der Waals surface area contributed by atoms with Crippen molar-refractivity contribution in [3.8, 4) is 11.1 Å². The molecule has 0 saturated heterocycles. The van der Waals surface area contributed by atoms with Crippen LogP contribution in [0, 0.1) is 0 Å². The van der Waals surface area contributed by atoms with Crippen molar-refractivity contribution in [2.45, 2.75) is 20.0 Å². The van der Waals surface area contributed by atoms with Crippen LogP contribution in [0.15, 0.2) is 54.6 Å². The third-order valence-electron chi connectivity index (χ3n) is 3.12. The lowest BCUT2D eigenvalue weighted by atomic mass is 10.0. The average molecular weight is 309 g/mol. The molecule has 2 aromatic carbocycles. The Morgan fingerprint density at radius 1 is 1.04 bits per heavy atom. The zero-order valence-corrected chi connectivity index (χ0v) is 13.2. The molecule has 0 aromatic heterocycles. The van der Waals surface area contributed by atoms with Crippen molar-refractivity contribution in [1.29, 1.82) is 0 Å². The zero-order chi connectivity index (χ0) is 16.8. The van der Waals surface area contributed by atoms with Gasteiger partial charge >= 0.3 is 5.97 Å². The minimum absolute atomic E-state index is 0.143. The monoisotopic (exact) mass is 309 g/mol. The Bertz CT molecular complexity index is 731. The highest BCUT2D eigenvalue weighted by Gasteiger charge is 2.09. The van der Waals surface area contributed by atoms with Crippen molar-refractivity contribution in [3.63, 3.8) is 0 Å². The number of carbonyl (C=O) groups is 2. The summed E-state index contributed by atoms with van der Waals surface area (Å²) in [5.74, 6) is -0.812. The molecule has 0 atom stereocenters. The van der Waals surface area contributed by atoms with E-state index < -0.39 is 5.91 Å². The van der Waals surface area contributed by atoms with Crippen LogP contribution in [0.25, 0.3) is 17.2 Å². The number of benzene rings is 2. The number of hydrogen-bond donors (Lipinski definition) is 1. The molecule has 2 rings (SSSR count). The minimum Gasteiger partial charge on any atom is -0.459 e. The van der Waals surface area contributed by atoms with E-state index in [1.54, 1.807) is 18.2 Å². The van der Waals surface area contributed by atoms with Gasteiger partial charge in [0.05, 0.1) is 11.7 Å². The van der Waals surface area contributed by atoms with Crippen LogP contribution < -0.4 is 5.73 Å². The number of amides is 1. The lowest BCUT2D eigenvalue weighted by molar-refractivity contribution is -0.113. The first kappa shape index (κ1) is 16.5. The Morgan fingerprint density at radius 3 is 2.35 bits per heavy atom. The van der Waals surface area contributed by atoms with Crippen LogP contribution >= 0.6 is 0 Å². The van der Waals surface area contributed by atoms with Crippen molar-refractivity contribution < 1.29 is 14.3 Å². The summed E-state index contributed by atoms with van der Waals surface area (Å²) >= 11 is 0. The van der Waals surface area contributed by atoms with Crippen molar-refractivity contribution in [2.24, 2.45) is 5.73 Å². The highest BCUT2D eigenvalue weighted by atomic mass is 16.5. The molecule has 118 valence electrons. The second kappa shape index (κ2) is 7.40. The molecular weight excluding hydrogens is 290 g/mol. The van der Waals surface area contributed by atoms with E-state index in [-0.39, 0.29) is 12.1 Å². The van der Waals surface area contributed by atoms with Gasteiger partial charge in [0, 0.05) is 6.08 Å². The molecule has 23 heavy (non-hydrogen) atoms. The Hall–Kier alpha value is -2.88. The van der Waals surface area contributed by atoms with Gasteiger partial charge in [-0.25, -0.2) is 4.79 Å². The molecule has 0 spiro atoms. The molecule has 4 nitrogen and oxygen atoms in total. The summed E-state index contributed by atoms with van der Waals surface area (Å²) in [5.41, 5.74) is 8.46. The van der Waals surface area contributed by atoms with E-state index in [4.69, 9.17) is 10.5 Å². The fourth-order valence-corrected chi connectivity index (χ4v) is 2.08. The highest BCUT2D eigenvalue weighted by molar-refractivity contribution is 5.91. The molecular formula is C19H19NO3. The number of primary amides is 1. The van der Waals surface area contributed by atoms with Gasteiger partial charge < -0.3 is 10.5 Å². The average Bonchev–Trinajstić information content (AvgIpc) is 2.53. The van der Waals surface area contributed by atoms with Crippen molar-refractivity contribution in [3.05, 3.63) is 65.7 Å². The maximum atomic E-state index is 11.8. The molecule has 2 aromatic rings. The van der Waals surface area contributed by atoms with E-state index in [1.807, 2.05) is 50.2 Å². The maximum Gasteiger partial charge on any atom is 0.338 e. The summed E-state index contributed by atoms with van der Waals surface area (Å²) in [5, 5.41) is 0. The van der Waals surface area contributed by atoms with Gasteiger partial charge in [-0.3, -0.25) is 4.79 Å². The van der Waals surface area contributed by atoms with Gasteiger partial charge in [0.2, 0.25) is 5.91 Å². The predicted octanol–water partition coefficient (Wildman–Crippen LogP) is 3.42. The second-order valence-electron chi connectivity index (χ2n) is 5.39. The van der Waals surface area contributed by atoms with Crippen LogP contribution in [-0.2, 0) is 9.53 Å². The number of rotatable bonds is 5. The molecule has 0 aliphatic heterocycles. The predicted molar refractivity (Wildman–Crippen MR) is 90.7 cm³/mol. The zero-order valence-electron chi connectivity index (χ0n) is 13.2. The summed E-state index contributed by atoms with van der Waals surface area (Å²) in [4.78, 5) is 22.6. The number of ether oxygens (including phenoxy) is 1. The summed E-state index contributed by atoms with van der Waals surface area (Å²) in [6, 6.07) is 14.9. The summed E-state index contributed by atoms with van der Waals surface area (Å²) in [7, 11) is 0. The molecule has 0 fully saturated rings. The van der Waals surface area contributed by atoms with Gasteiger partial charge in [-0.1, -0.05) is 30.3 Å². The van der Waals surface area contributed by atoms with Gasteiger partial charge in [-0.05, 0) is 54.8 Å². The largest absolute Gasteiger partial charge is 0.459 e. The first-order chi connectivity index (χ1) is 11.0. The third kappa shape index (κ3) is 4.81. The first-order valence-corrected chi connectivity index (χ1v) is 7.34. The number of hydrogen-bond acceptors (Lipinski definition) is 3. The van der Waals surface area contributed by atoms with E-state index in [2.05, 4.69) is 0 Å². The Labute approximate surface area is 135 Å². The van der Waals surface area contributed by atoms with E-state index in [1.165, 1.54) is 6.08 Å². The van der Waals surface area contributed by atoms with Crippen molar-refractivity contribution >= 4 is 18.0 Å². The summed E-state index contributed by atoms with van der Waals surface area (Å²) < 4.78 is 5.16. The Morgan fingerprint density at radius 2 is 1.74 bits per heavy atom. The van der Waals surface area contributed by atoms with Crippen LogP contribution in [0.4, 0.5) is 0 Å². The van der Waals surface area contributed by atoms with Crippen LogP contribution in [0.1, 0.15) is 29.8 Å². The maximum absolute atomic E-state index is 11.8. The number of esters is 1. The van der Waals surface area contributed by atoms with Crippen LogP contribution in [0.3, 0.4) is 0 Å². The van der Waals surface area contributed by atoms with Gasteiger partial charge in [0.15, 0.2) is 0 Å². The molecule has 0 saturated carbocycles. The molecule has 0 radical (unpaired) electrons. The molecule has 0 heterocycles. The fourth-order valence-electron chi connectivity index (χ4n) is 2.08. The van der Waals surface area contributed by atoms with E-state index >= 15 is 0 Å². The SMILES string of the molecule is CC(C)OC(=O)c1ccc(-c2cccc(/C=C\C(N)=O)c2)cc1. The topological polar surface area (TPSA) is 69.4 Å². The molecule has 2 N–H and O–H groups in total. The van der Waals surface area contributed by atoms with E-state index in [0.29, 0.717) is 5.56 Å². The molecule has 0 aliphatic carbocycles. The highest BCUT2D eigenvalue weighted by Crippen LogP contribution is 2.22. The fraction of sp³-hybridized carbons (Fsp3) is 0.158. The van der Waals surface area contributed by atoms with Gasteiger partial charge in [0.1, 0.15) is 0 Å². The summed E-state index contributed by atoms with van der Waals surface area (Å²) in [6.07, 6.45) is 2.85. The second-order valence-corrected chi connectivity index (χ2v) is 5.39. The van der Waals surface area contributed by atoms with Crippen LogP contribution in [0.2, 0.25) is 0 Å². The lowest BCUT2D eigenvalue weighted by Crippen LogP contribution is -2.11. The lowest BCUT2D eigenvalue weighted by Gasteiger charge is -2.08. The quantitative estimate of drug-likeness (QED) is 0.679. The van der Waals surface area contributed by atoms with Gasteiger partial charge in [0.25, 0.3) is 0 Å². The van der Waals surface area contributed by atoms with Crippen LogP contribution in [0.5, 0.6) is 0 Å². The Kier molecular flexibility index (Phi) is 5.31. The van der Waals surface area contributed by atoms with Gasteiger partial charge in [-0.2, -0.15) is 0 Å². The first-order valence-electron chi connectivity index (χ1n) is 7.34. The minimum atomic E-state index is -0.483. The number of nitrogens with two attached hydrogens (primary N) is 1. The van der Waals surface area contributed by atoms with E-state index in [9.17, 15) is 9.59 Å². The Balaban J connectivity index is 2.21. The van der Waals surface area contributed by atoms with E-state index in [0.717, 1.165) is 16.7 Å². The molecule has 0 bridgehead atoms. The standard InChI is InChI=1S/C19H19NO3/c1-13(2)23-19(22)16-9-7-15(8-10-16)17-5-3-4-14(12-17)6-11-18(20)21/h3-13H,1-2H3,(H2,20,21)/b11-6-.